The first-order valence-electron chi connectivity index (χ1n) is 6.51. The Morgan fingerprint density at radius 3 is 2.41 bits per heavy atom. The Hall–Kier alpha value is -0.810. The van der Waals surface area contributed by atoms with Gasteiger partial charge in [-0.05, 0) is 20.0 Å². The van der Waals surface area contributed by atoms with Crippen molar-refractivity contribution in [3.8, 4) is 0 Å². The van der Waals surface area contributed by atoms with Gasteiger partial charge in [-0.2, -0.15) is 0 Å². The highest BCUT2D eigenvalue weighted by Crippen LogP contribution is 1.86. The zero-order valence-electron chi connectivity index (χ0n) is 11.8. The van der Waals surface area contributed by atoms with Gasteiger partial charge < -0.3 is 20.3 Å². The second-order valence-corrected chi connectivity index (χ2v) is 3.71. The lowest BCUT2D eigenvalue weighted by Crippen LogP contribution is -2.39. The first kappa shape index (κ1) is 16.2. The van der Waals surface area contributed by atoms with Crippen molar-refractivity contribution < 1.29 is 4.74 Å². The van der Waals surface area contributed by atoms with Gasteiger partial charge in [0.25, 0.3) is 0 Å². The number of guanidine groups is 1. The third kappa shape index (κ3) is 8.94. The summed E-state index contributed by atoms with van der Waals surface area (Å²) in [5.41, 5.74) is 0. The van der Waals surface area contributed by atoms with Crippen LogP contribution in [0.25, 0.3) is 0 Å². The van der Waals surface area contributed by atoms with Gasteiger partial charge in [0, 0.05) is 26.7 Å². The molecule has 0 aliphatic heterocycles. The SMILES string of the molecule is CCNC(=NCCN(CC)CC)NCCOC. The predicted molar refractivity (Wildman–Crippen MR) is 73.6 cm³/mol. The molecule has 0 unspecified atom stereocenters. The van der Waals surface area contributed by atoms with Gasteiger partial charge in [0.05, 0.1) is 13.2 Å². The molecule has 5 heteroatoms. The Balaban J connectivity index is 3.92. The zero-order valence-corrected chi connectivity index (χ0v) is 11.8. The Labute approximate surface area is 106 Å². The smallest absolute Gasteiger partial charge is 0.191 e. The molecule has 0 aromatic rings. The van der Waals surface area contributed by atoms with Crippen molar-refractivity contribution >= 4 is 5.96 Å². The van der Waals surface area contributed by atoms with E-state index in [2.05, 4.69) is 41.3 Å². The van der Waals surface area contributed by atoms with Crippen LogP contribution in [0.1, 0.15) is 20.8 Å². The quantitative estimate of drug-likeness (QED) is 0.353. The van der Waals surface area contributed by atoms with Gasteiger partial charge >= 0.3 is 0 Å². The number of nitrogens with zero attached hydrogens (tertiary/aromatic N) is 2. The summed E-state index contributed by atoms with van der Waals surface area (Å²) in [6.45, 7) is 12.8. The fraction of sp³-hybridized carbons (Fsp3) is 0.917. The maximum atomic E-state index is 4.99. The molecule has 0 saturated heterocycles. The van der Waals surface area contributed by atoms with E-state index in [4.69, 9.17) is 4.74 Å². The van der Waals surface area contributed by atoms with Gasteiger partial charge in [0.1, 0.15) is 0 Å². The molecule has 0 rings (SSSR count). The average Bonchev–Trinajstić information content (AvgIpc) is 2.35. The maximum absolute atomic E-state index is 4.99. The fourth-order valence-electron chi connectivity index (χ4n) is 1.46. The van der Waals surface area contributed by atoms with Crippen LogP contribution in [-0.4, -0.2) is 63.8 Å². The fourth-order valence-corrected chi connectivity index (χ4v) is 1.46. The van der Waals surface area contributed by atoms with Crippen LogP contribution in [0.4, 0.5) is 0 Å². The number of aliphatic imine (C=N–C) groups is 1. The van der Waals surface area contributed by atoms with Crippen LogP contribution < -0.4 is 10.6 Å². The monoisotopic (exact) mass is 244 g/mol. The maximum Gasteiger partial charge on any atom is 0.191 e. The van der Waals surface area contributed by atoms with Gasteiger partial charge in [-0.15, -0.1) is 0 Å². The molecule has 17 heavy (non-hydrogen) atoms. The highest BCUT2D eigenvalue weighted by Gasteiger charge is 1.99. The van der Waals surface area contributed by atoms with E-state index in [-0.39, 0.29) is 0 Å². The summed E-state index contributed by atoms with van der Waals surface area (Å²) in [6.07, 6.45) is 0. The highest BCUT2D eigenvalue weighted by molar-refractivity contribution is 5.79. The van der Waals surface area contributed by atoms with Gasteiger partial charge in [0.15, 0.2) is 5.96 Å². The summed E-state index contributed by atoms with van der Waals surface area (Å²) >= 11 is 0. The van der Waals surface area contributed by atoms with Crippen molar-refractivity contribution in [1.29, 1.82) is 0 Å². The molecule has 0 spiro atoms. The molecule has 0 bridgehead atoms. The Morgan fingerprint density at radius 2 is 1.88 bits per heavy atom. The molecule has 0 amide bonds. The van der Waals surface area contributed by atoms with Crippen molar-refractivity contribution in [1.82, 2.24) is 15.5 Å². The molecule has 0 aromatic heterocycles. The van der Waals surface area contributed by atoms with E-state index in [1.807, 2.05) is 0 Å². The Morgan fingerprint density at radius 1 is 1.18 bits per heavy atom. The van der Waals surface area contributed by atoms with E-state index in [1.54, 1.807) is 7.11 Å². The highest BCUT2D eigenvalue weighted by atomic mass is 16.5. The topological polar surface area (TPSA) is 48.9 Å². The zero-order chi connectivity index (χ0) is 12.9. The van der Waals surface area contributed by atoms with Crippen LogP contribution in [-0.2, 0) is 4.74 Å². The van der Waals surface area contributed by atoms with Crippen LogP contribution >= 0.6 is 0 Å². The molecule has 0 aliphatic carbocycles. The minimum absolute atomic E-state index is 0.695. The third-order valence-corrected chi connectivity index (χ3v) is 2.52. The largest absolute Gasteiger partial charge is 0.383 e. The second-order valence-electron chi connectivity index (χ2n) is 3.71. The van der Waals surface area contributed by atoms with Crippen LogP contribution in [0.5, 0.6) is 0 Å². The number of likely N-dealkylation sites (N-methyl/N-ethyl adjacent to an activating group) is 1. The molecule has 0 saturated carbocycles. The molecule has 0 fully saturated rings. The summed E-state index contributed by atoms with van der Waals surface area (Å²) < 4.78 is 4.99. The Kier molecular flexibility index (Phi) is 11.1. The van der Waals surface area contributed by atoms with Gasteiger partial charge in [0.2, 0.25) is 0 Å². The predicted octanol–water partition coefficient (Wildman–Crippen LogP) is 0.530. The van der Waals surface area contributed by atoms with Gasteiger partial charge in [-0.25, -0.2) is 0 Å². The standard InChI is InChI=1S/C12H28N4O/c1-5-13-12(15-9-11-17-4)14-8-10-16(6-2)7-3/h5-11H2,1-4H3,(H2,13,14,15). The lowest BCUT2D eigenvalue weighted by Gasteiger charge is -2.17. The molecule has 0 radical (unpaired) electrons. The van der Waals surface area contributed by atoms with Crippen molar-refractivity contribution in [2.45, 2.75) is 20.8 Å². The first-order chi connectivity index (χ1) is 8.28. The molecule has 0 aromatic carbocycles. The van der Waals surface area contributed by atoms with Crippen LogP contribution in [0, 0.1) is 0 Å². The second kappa shape index (κ2) is 11.7. The van der Waals surface area contributed by atoms with Crippen LogP contribution in [0.15, 0.2) is 4.99 Å². The number of hydrogen-bond acceptors (Lipinski definition) is 3. The van der Waals surface area contributed by atoms with Gasteiger partial charge in [-0.3, -0.25) is 4.99 Å². The van der Waals surface area contributed by atoms with Crippen molar-refractivity contribution in [3.63, 3.8) is 0 Å². The summed E-state index contributed by atoms with van der Waals surface area (Å²) in [7, 11) is 1.70. The van der Waals surface area contributed by atoms with Crippen molar-refractivity contribution in [2.75, 3.05) is 53.0 Å². The normalized spacial score (nSPS) is 11.9. The molecule has 0 heterocycles. The lowest BCUT2D eigenvalue weighted by atomic mass is 10.5. The molecular weight excluding hydrogens is 216 g/mol. The van der Waals surface area contributed by atoms with E-state index >= 15 is 0 Å². The summed E-state index contributed by atoms with van der Waals surface area (Å²) in [6, 6.07) is 0. The molecular formula is C12H28N4O. The van der Waals surface area contributed by atoms with E-state index in [1.165, 1.54) is 0 Å². The minimum Gasteiger partial charge on any atom is -0.383 e. The van der Waals surface area contributed by atoms with Gasteiger partial charge in [-0.1, -0.05) is 13.8 Å². The van der Waals surface area contributed by atoms with E-state index < -0.39 is 0 Å². The summed E-state index contributed by atoms with van der Waals surface area (Å²) in [4.78, 5) is 6.88. The first-order valence-corrected chi connectivity index (χ1v) is 6.51. The molecule has 2 N–H and O–H groups in total. The summed E-state index contributed by atoms with van der Waals surface area (Å²) in [5, 5.41) is 6.44. The average molecular weight is 244 g/mol. The van der Waals surface area contributed by atoms with E-state index in [9.17, 15) is 0 Å². The minimum atomic E-state index is 0.695. The van der Waals surface area contributed by atoms with E-state index in [0.29, 0.717) is 6.61 Å². The Bertz CT molecular complexity index is 193. The number of methoxy groups -OCH3 is 1. The third-order valence-electron chi connectivity index (χ3n) is 2.52. The number of nitrogens with one attached hydrogen (secondary N) is 2. The number of ether oxygens (including phenoxy) is 1. The van der Waals surface area contributed by atoms with E-state index in [0.717, 1.165) is 45.2 Å². The van der Waals surface area contributed by atoms with Crippen LogP contribution in [0.2, 0.25) is 0 Å². The summed E-state index contributed by atoms with van der Waals surface area (Å²) in [5.74, 6) is 0.872. The van der Waals surface area contributed by atoms with Crippen molar-refractivity contribution in [3.05, 3.63) is 0 Å². The molecule has 102 valence electrons. The molecule has 0 atom stereocenters. The molecule has 5 nitrogen and oxygen atoms in total. The number of hydrogen-bond donors (Lipinski definition) is 2. The number of rotatable bonds is 9. The van der Waals surface area contributed by atoms with Crippen LogP contribution in [0.3, 0.4) is 0 Å². The molecule has 0 aliphatic rings. The van der Waals surface area contributed by atoms with Crippen molar-refractivity contribution in [2.24, 2.45) is 4.99 Å². The lowest BCUT2D eigenvalue weighted by molar-refractivity contribution is 0.203.